The van der Waals surface area contributed by atoms with Gasteiger partial charge in [0.1, 0.15) is 11.6 Å². The van der Waals surface area contributed by atoms with Gasteiger partial charge >= 0.3 is 0 Å². The zero-order valence-electron chi connectivity index (χ0n) is 15.0. The number of anilines is 1. The molecule has 1 aromatic carbocycles. The molecule has 1 aliphatic heterocycles. The number of amides is 1. The lowest BCUT2D eigenvalue weighted by Crippen LogP contribution is -2.20. The average Bonchev–Trinajstić information content (AvgIpc) is 3.10. The lowest BCUT2D eigenvalue weighted by Gasteiger charge is -2.15. The number of nitrogens with one attached hydrogen (secondary N) is 1. The molecule has 0 radical (unpaired) electrons. The van der Waals surface area contributed by atoms with Crippen molar-refractivity contribution in [2.24, 2.45) is 0 Å². The van der Waals surface area contributed by atoms with Gasteiger partial charge in [-0.05, 0) is 24.6 Å². The van der Waals surface area contributed by atoms with E-state index in [1.165, 1.54) is 18.2 Å². The topological polar surface area (TPSA) is 81.1 Å². The van der Waals surface area contributed by atoms with Crippen molar-refractivity contribution in [1.82, 2.24) is 9.78 Å². The smallest absolute Gasteiger partial charge is 0.256 e. The Balaban J connectivity index is 1.94. The summed E-state index contributed by atoms with van der Waals surface area (Å²) in [5.41, 5.74) is 0.673. The van der Waals surface area contributed by atoms with E-state index in [9.17, 15) is 17.6 Å². The van der Waals surface area contributed by atoms with Crippen molar-refractivity contribution >= 4 is 21.6 Å². The maximum Gasteiger partial charge on any atom is 0.256 e. The summed E-state index contributed by atoms with van der Waals surface area (Å²) in [6, 6.07) is 6.83. The Morgan fingerprint density at radius 2 is 2.04 bits per heavy atom. The Labute approximate surface area is 152 Å². The first-order chi connectivity index (χ1) is 12.0. The van der Waals surface area contributed by atoms with Crippen LogP contribution in [0.15, 0.2) is 30.3 Å². The summed E-state index contributed by atoms with van der Waals surface area (Å²) in [5, 5.41) is 7.31. The molecule has 0 saturated carbocycles. The first-order valence-electron chi connectivity index (χ1n) is 8.42. The number of rotatable bonds is 3. The summed E-state index contributed by atoms with van der Waals surface area (Å²) >= 11 is 0. The lowest BCUT2D eigenvalue weighted by atomic mass is 9.92. The fraction of sp³-hybridized carbons (Fsp3) is 0.444. The molecule has 140 valence electrons. The number of halogens is 1. The second-order valence-corrected chi connectivity index (χ2v) is 9.86. The molecular weight excluding hydrogens is 357 g/mol. The van der Waals surface area contributed by atoms with Crippen molar-refractivity contribution in [3.63, 3.8) is 0 Å². The molecule has 1 amide bonds. The van der Waals surface area contributed by atoms with Gasteiger partial charge in [0.25, 0.3) is 5.91 Å². The van der Waals surface area contributed by atoms with Crippen molar-refractivity contribution < 1.29 is 17.6 Å². The van der Waals surface area contributed by atoms with Gasteiger partial charge in [-0.3, -0.25) is 4.79 Å². The third-order valence-corrected chi connectivity index (χ3v) is 6.14. The summed E-state index contributed by atoms with van der Waals surface area (Å²) < 4.78 is 38.6. The van der Waals surface area contributed by atoms with Crippen LogP contribution in [0.25, 0.3) is 0 Å². The van der Waals surface area contributed by atoms with Crippen LogP contribution in [0, 0.1) is 5.82 Å². The zero-order chi connectivity index (χ0) is 19.1. The van der Waals surface area contributed by atoms with E-state index in [1.54, 1.807) is 10.7 Å². The molecule has 2 aromatic rings. The molecule has 1 N–H and O–H groups in total. The monoisotopic (exact) mass is 379 g/mol. The van der Waals surface area contributed by atoms with Crippen LogP contribution in [0.4, 0.5) is 10.2 Å². The fourth-order valence-corrected chi connectivity index (χ4v) is 4.61. The number of carbonyl (C=O) groups excluding carboxylic acids is 1. The molecule has 1 fully saturated rings. The first-order valence-corrected chi connectivity index (χ1v) is 10.2. The molecule has 1 atom stereocenters. The molecule has 3 rings (SSSR count). The molecule has 1 saturated heterocycles. The number of hydrogen-bond acceptors (Lipinski definition) is 4. The van der Waals surface area contributed by atoms with Crippen LogP contribution >= 0.6 is 0 Å². The molecular formula is C18H22FN3O3S. The molecule has 0 aliphatic carbocycles. The molecule has 8 heteroatoms. The van der Waals surface area contributed by atoms with Crippen LogP contribution in [0.3, 0.4) is 0 Å². The zero-order valence-corrected chi connectivity index (χ0v) is 15.8. The summed E-state index contributed by atoms with van der Waals surface area (Å²) in [6.45, 7) is 5.97. The van der Waals surface area contributed by atoms with Gasteiger partial charge in [0.05, 0.1) is 23.2 Å². The molecule has 2 heterocycles. The van der Waals surface area contributed by atoms with Crippen molar-refractivity contribution in [3.8, 4) is 0 Å². The van der Waals surface area contributed by atoms with Crippen LogP contribution in [-0.2, 0) is 15.3 Å². The first kappa shape index (κ1) is 18.6. The third-order valence-electron chi connectivity index (χ3n) is 4.39. The van der Waals surface area contributed by atoms with Gasteiger partial charge in [-0.1, -0.05) is 26.8 Å². The third kappa shape index (κ3) is 3.95. The van der Waals surface area contributed by atoms with E-state index < -0.39 is 21.6 Å². The normalized spacial score (nSPS) is 19.5. The van der Waals surface area contributed by atoms with E-state index in [2.05, 4.69) is 10.4 Å². The van der Waals surface area contributed by atoms with E-state index in [1.807, 2.05) is 20.8 Å². The van der Waals surface area contributed by atoms with Crippen LogP contribution in [-0.4, -0.2) is 35.6 Å². The Kier molecular flexibility index (Phi) is 4.64. The van der Waals surface area contributed by atoms with Crippen LogP contribution in [0.1, 0.15) is 49.3 Å². The van der Waals surface area contributed by atoms with E-state index in [0.29, 0.717) is 12.2 Å². The molecule has 0 spiro atoms. The maximum atomic E-state index is 13.4. The number of nitrogens with zero attached hydrogens (tertiary/aromatic N) is 2. The summed E-state index contributed by atoms with van der Waals surface area (Å²) in [5.74, 6) is -0.428. The number of sulfone groups is 1. The van der Waals surface area contributed by atoms with E-state index in [-0.39, 0.29) is 28.5 Å². The Morgan fingerprint density at radius 1 is 1.31 bits per heavy atom. The van der Waals surface area contributed by atoms with Gasteiger partial charge in [0.15, 0.2) is 9.84 Å². The standard InChI is InChI=1S/C18H22FN3O3S/c1-18(2,3)15-10-16(20-17(23)12-5-4-6-13(19)9-12)22(21-15)14-7-8-26(24,25)11-14/h4-6,9-10,14H,7-8,11H2,1-3H3,(H,20,23). The second-order valence-electron chi connectivity index (χ2n) is 7.63. The molecule has 0 bridgehead atoms. The largest absolute Gasteiger partial charge is 0.307 e. The van der Waals surface area contributed by atoms with Gasteiger partial charge in [-0.2, -0.15) is 5.10 Å². The predicted molar refractivity (Wildman–Crippen MR) is 97.6 cm³/mol. The van der Waals surface area contributed by atoms with Crippen molar-refractivity contribution in [3.05, 3.63) is 47.4 Å². The van der Waals surface area contributed by atoms with Gasteiger partial charge < -0.3 is 5.32 Å². The number of hydrogen-bond donors (Lipinski definition) is 1. The summed E-state index contributed by atoms with van der Waals surface area (Å²) in [7, 11) is -3.10. The highest BCUT2D eigenvalue weighted by Crippen LogP contribution is 2.31. The van der Waals surface area contributed by atoms with Gasteiger partial charge in [-0.25, -0.2) is 17.5 Å². The SMILES string of the molecule is CC(C)(C)c1cc(NC(=O)c2cccc(F)c2)n(C2CCS(=O)(=O)C2)n1. The number of carbonyl (C=O) groups is 1. The van der Waals surface area contributed by atoms with Gasteiger partial charge in [0.2, 0.25) is 0 Å². The molecule has 26 heavy (non-hydrogen) atoms. The fourth-order valence-electron chi connectivity index (χ4n) is 2.92. The van der Waals surface area contributed by atoms with E-state index in [0.717, 1.165) is 11.8 Å². The van der Waals surface area contributed by atoms with Crippen LogP contribution in [0.2, 0.25) is 0 Å². The molecule has 1 unspecified atom stereocenters. The van der Waals surface area contributed by atoms with Crippen molar-refractivity contribution in [2.45, 2.75) is 38.6 Å². The van der Waals surface area contributed by atoms with E-state index in [4.69, 9.17) is 0 Å². The lowest BCUT2D eigenvalue weighted by molar-refractivity contribution is 0.102. The molecule has 1 aliphatic rings. The minimum Gasteiger partial charge on any atom is -0.307 e. The summed E-state index contributed by atoms with van der Waals surface area (Å²) in [4.78, 5) is 12.5. The molecule has 1 aromatic heterocycles. The summed E-state index contributed by atoms with van der Waals surface area (Å²) in [6.07, 6.45) is 0.455. The van der Waals surface area contributed by atoms with Gasteiger partial charge in [0, 0.05) is 17.0 Å². The number of aromatic nitrogens is 2. The minimum absolute atomic E-state index is 0.00109. The quantitative estimate of drug-likeness (QED) is 0.889. The number of benzene rings is 1. The average molecular weight is 379 g/mol. The Morgan fingerprint density at radius 3 is 2.62 bits per heavy atom. The Hall–Kier alpha value is -2.22. The van der Waals surface area contributed by atoms with Gasteiger partial charge in [-0.15, -0.1) is 0 Å². The Bertz CT molecular complexity index is 945. The van der Waals surface area contributed by atoms with Crippen LogP contribution < -0.4 is 5.32 Å². The highest BCUT2D eigenvalue weighted by atomic mass is 32.2. The van der Waals surface area contributed by atoms with Crippen molar-refractivity contribution in [2.75, 3.05) is 16.8 Å². The maximum absolute atomic E-state index is 13.4. The highest BCUT2D eigenvalue weighted by molar-refractivity contribution is 7.91. The second kappa shape index (κ2) is 6.50. The minimum atomic E-state index is -3.10. The van der Waals surface area contributed by atoms with Crippen molar-refractivity contribution in [1.29, 1.82) is 0 Å². The highest BCUT2D eigenvalue weighted by Gasteiger charge is 2.33. The van der Waals surface area contributed by atoms with Crippen LogP contribution in [0.5, 0.6) is 0 Å². The predicted octanol–water partition coefficient (Wildman–Crippen LogP) is 2.93. The molecule has 6 nitrogen and oxygen atoms in total. The van der Waals surface area contributed by atoms with E-state index >= 15 is 0 Å².